The van der Waals surface area contributed by atoms with Crippen LogP contribution in [0.4, 0.5) is 0 Å². The van der Waals surface area contributed by atoms with E-state index in [0.717, 1.165) is 24.9 Å². The Labute approximate surface area is 119 Å². The molecule has 0 aliphatic heterocycles. The average molecular weight is 261 g/mol. The third kappa shape index (κ3) is 5.78. The molecule has 0 saturated heterocycles. The molecule has 0 spiro atoms. The molecule has 1 heteroatoms. The molecule has 0 bridgehead atoms. The lowest BCUT2D eigenvalue weighted by atomic mass is 9.86. The van der Waals surface area contributed by atoms with Crippen molar-refractivity contribution in [2.24, 2.45) is 11.8 Å². The molecule has 1 aromatic rings. The van der Waals surface area contributed by atoms with Gasteiger partial charge in [0, 0.05) is 6.54 Å². The Morgan fingerprint density at radius 3 is 2.32 bits per heavy atom. The van der Waals surface area contributed by atoms with Crippen LogP contribution in [0, 0.1) is 18.8 Å². The van der Waals surface area contributed by atoms with Gasteiger partial charge in [-0.2, -0.15) is 0 Å². The van der Waals surface area contributed by atoms with Crippen LogP contribution in [0.3, 0.4) is 0 Å². The van der Waals surface area contributed by atoms with E-state index in [1.165, 1.54) is 24.0 Å². The summed E-state index contributed by atoms with van der Waals surface area (Å²) >= 11 is 0. The van der Waals surface area contributed by atoms with Crippen LogP contribution in [0.2, 0.25) is 0 Å². The zero-order chi connectivity index (χ0) is 14.3. The Kier molecular flexibility index (Phi) is 7.15. The average Bonchev–Trinajstić information content (AvgIpc) is 2.37. The normalized spacial score (nSPS) is 14.6. The SMILES string of the molecule is CCC(C)CC(CNCC(C)C)c1ccccc1C. The van der Waals surface area contributed by atoms with Gasteiger partial charge in [-0.05, 0) is 48.8 Å². The summed E-state index contributed by atoms with van der Waals surface area (Å²) in [6.45, 7) is 13.7. The summed E-state index contributed by atoms with van der Waals surface area (Å²) in [5.41, 5.74) is 2.96. The van der Waals surface area contributed by atoms with Gasteiger partial charge in [0.25, 0.3) is 0 Å². The molecular formula is C18H31N. The summed E-state index contributed by atoms with van der Waals surface area (Å²) in [4.78, 5) is 0. The second-order valence-corrected chi connectivity index (χ2v) is 6.35. The highest BCUT2D eigenvalue weighted by molar-refractivity contribution is 5.29. The number of hydrogen-bond acceptors (Lipinski definition) is 1. The Bertz CT molecular complexity index is 356. The fraction of sp³-hybridized carbons (Fsp3) is 0.667. The molecule has 0 radical (unpaired) electrons. The number of hydrogen-bond donors (Lipinski definition) is 1. The van der Waals surface area contributed by atoms with Crippen LogP contribution >= 0.6 is 0 Å². The molecule has 0 heterocycles. The molecule has 2 atom stereocenters. The van der Waals surface area contributed by atoms with Gasteiger partial charge in [0.15, 0.2) is 0 Å². The van der Waals surface area contributed by atoms with Gasteiger partial charge < -0.3 is 5.32 Å². The van der Waals surface area contributed by atoms with Gasteiger partial charge in [-0.1, -0.05) is 58.4 Å². The van der Waals surface area contributed by atoms with Gasteiger partial charge in [0.05, 0.1) is 0 Å². The summed E-state index contributed by atoms with van der Waals surface area (Å²) in [7, 11) is 0. The molecule has 1 rings (SSSR count). The second-order valence-electron chi connectivity index (χ2n) is 6.35. The Balaban J connectivity index is 2.71. The van der Waals surface area contributed by atoms with Crippen LogP contribution in [0.5, 0.6) is 0 Å². The van der Waals surface area contributed by atoms with Gasteiger partial charge in [0.1, 0.15) is 0 Å². The van der Waals surface area contributed by atoms with Crippen LogP contribution in [-0.4, -0.2) is 13.1 Å². The zero-order valence-corrected chi connectivity index (χ0v) is 13.4. The smallest absolute Gasteiger partial charge is 0.00204 e. The van der Waals surface area contributed by atoms with Crippen LogP contribution in [-0.2, 0) is 0 Å². The third-order valence-electron chi connectivity index (χ3n) is 3.96. The highest BCUT2D eigenvalue weighted by atomic mass is 14.9. The number of nitrogens with one attached hydrogen (secondary N) is 1. The number of aryl methyl sites for hydroxylation is 1. The maximum Gasteiger partial charge on any atom is 0.00204 e. The molecule has 0 saturated carbocycles. The number of rotatable bonds is 8. The van der Waals surface area contributed by atoms with E-state index >= 15 is 0 Å². The lowest BCUT2D eigenvalue weighted by Gasteiger charge is -2.23. The molecule has 2 unspecified atom stereocenters. The van der Waals surface area contributed by atoms with Crippen molar-refractivity contribution in [2.45, 2.75) is 53.4 Å². The minimum atomic E-state index is 0.648. The standard InChI is InChI=1S/C18H31N/c1-6-15(4)11-17(13-19-12-14(2)3)18-10-8-7-9-16(18)5/h7-10,14-15,17,19H,6,11-13H2,1-5H3. The van der Waals surface area contributed by atoms with E-state index in [1.807, 2.05) is 0 Å². The first-order valence-electron chi connectivity index (χ1n) is 7.80. The predicted molar refractivity (Wildman–Crippen MR) is 85.7 cm³/mol. The first kappa shape index (κ1) is 16.2. The lowest BCUT2D eigenvalue weighted by molar-refractivity contribution is 0.424. The summed E-state index contributed by atoms with van der Waals surface area (Å²) in [5.74, 6) is 2.17. The van der Waals surface area contributed by atoms with Gasteiger partial charge in [0.2, 0.25) is 0 Å². The van der Waals surface area contributed by atoms with Crippen molar-refractivity contribution < 1.29 is 0 Å². The topological polar surface area (TPSA) is 12.0 Å². The van der Waals surface area contributed by atoms with Crippen molar-refractivity contribution in [1.82, 2.24) is 5.32 Å². The van der Waals surface area contributed by atoms with E-state index in [2.05, 4.69) is 64.2 Å². The molecule has 1 N–H and O–H groups in total. The Morgan fingerprint density at radius 2 is 1.74 bits per heavy atom. The van der Waals surface area contributed by atoms with Crippen LogP contribution in [0.1, 0.15) is 57.6 Å². The van der Waals surface area contributed by atoms with E-state index < -0.39 is 0 Å². The summed E-state index contributed by atoms with van der Waals surface area (Å²) < 4.78 is 0. The van der Waals surface area contributed by atoms with E-state index in [1.54, 1.807) is 0 Å². The molecule has 0 aliphatic carbocycles. The maximum atomic E-state index is 3.64. The highest BCUT2D eigenvalue weighted by Crippen LogP contribution is 2.27. The van der Waals surface area contributed by atoms with E-state index in [9.17, 15) is 0 Å². The first-order chi connectivity index (χ1) is 9.04. The monoisotopic (exact) mass is 261 g/mol. The molecule has 108 valence electrons. The van der Waals surface area contributed by atoms with E-state index in [0.29, 0.717) is 5.92 Å². The van der Waals surface area contributed by atoms with E-state index in [-0.39, 0.29) is 0 Å². The fourth-order valence-electron chi connectivity index (χ4n) is 2.56. The largest absolute Gasteiger partial charge is 0.316 e. The van der Waals surface area contributed by atoms with Crippen molar-refractivity contribution in [1.29, 1.82) is 0 Å². The molecule has 19 heavy (non-hydrogen) atoms. The fourth-order valence-corrected chi connectivity index (χ4v) is 2.56. The Hall–Kier alpha value is -0.820. The van der Waals surface area contributed by atoms with E-state index in [4.69, 9.17) is 0 Å². The summed E-state index contributed by atoms with van der Waals surface area (Å²) in [6.07, 6.45) is 2.55. The summed E-state index contributed by atoms with van der Waals surface area (Å²) in [6, 6.07) is 8.86. The van der Waals surface area contributed by atoms with Crippen molar-refractivity contribution in [3.8, 4) is 0 Å². The van der Waals surface area contributed by atoms with Gasteiger partial charge in [-0.15, -0.1) is 0 Å². The molecule has 0 fully saturated rings. The zero-order valence-electron chi connectivity index (χ0n) is 13.4. The molecule has 0 aromatic heterocycles. The minimum Gasteiger partial charge on any atom is -0.316 e. The Morgan fingerprint density at radius 1 is 1.05 bits per heavy atom. The van der Waals surface area contributed by atoms with Gasteiger partial charge >= 0.3 is 0 Å². The van der Waals surface area contributed by atoms with Crippen LogP contribution < -0.4 is 5.32 Å². The predicted octanol–water partition coefficient (Wildman–Crippen LogP) is 4.76. The molecule has 0 aliphatic rings. The quantitative estimate of drug-likeness (QED) is 0.711. The molecular weight excluding hydrogens is 230 g/mol. The minimum absolute atomic E-state index is 0.648. The highest BCUT2D eigenvalue weighted by Gasteiger charge is 2.16. The molecule has 1 nitrogen and oxygen atoms in total. The molecule has 0 amide bonds. The number of benzene rings is 1. The second kappa shape index (κ2) is 8.37. The van der Waals surface area contributed by atoms with Crippen molar-refractivity contribution in [2.75, 3.05) is 13.1 Å². The van der Waals surface area contributed by atoms with Gasteiger partial charge in [-0.25, -0.2) is 0 Å². The maximum absolute atomic E-state index is 3.64. The van der Waals surface area contributed by atoms with Crippen LogP contribution in [0.15, 0.2) is 24.3 Å². The first-order valence-corrected chi connectivity index (χ1v) is 7.80. The van der Waals surface area contributed by atoms with Crippen LogP contribution in [0.25, 0.3) is 0 Å². The van der Waals surface area contributed by atoms with Crippen molar-refractivity contribution >= 4 is 0 Å². The third-order valence-corrected chi connectivity index (χ3v) is 3.96. The van der Waals surface area contributed by atoms with Crippen molar-refractivity contribution in [3.63, 3.8) is 0 Å². The summed E-state index contributed by atoms with van der Waals surface area (Å²) in [5, 5.41) is 3.64. The van der Waals surface area contributed by atoms with Crippen molar-refractivity contribution in [3.05, 3.63) is 35.4 Å². The lowest BCUT2D eigenvalue weighted by Crippen LogP contribution is -2.26. The molecule has 1 aromatic carbocycles. The van der Waals surface area contributed by atoms with Gasteiger partial charge in [-0.3, -0.25) is 0 Å².